The predicted molar refractivity (Wildman–Crippen MR) is 106 cm³/mol. The molecule has 5 N–H and O–H groups in total. The molecule has 0 amide bonds. The summed E-state index contributed by atoms with van der Waals surface area (Å²) in [4.78, 5) is 7.63. The third-order valence-electron chi connectivity index (χ3n) is 4.79. The van der Waals surface area contributed by atoms with Gasteiger partial charge in [0.15, 0.2) is 0 Å². The lowest BCUT2D eigenvalue weighted by Crippen LogP contribution is -2.14. The number of hydrogen-bond donors (Lipinski definition) is 4. The molecule has 0 saturated heterocycles. The number of guanidine groups is 1. The lowest BCUT2D eigenvalue weighted by molar-refractivity contribution is 0.927. The molecule has 26 heavy (non-hydrogen) atoms. The van der Waals surface area contributed by atoms with Crippen LogP contribution in [0.15, 0.2) is 59.7 Å². The number of para-hydroxylation sites is 1. The number of anilines is 1. The highest BCUT2D eigenvalue weighted by atomic mass is 15.0. The number of rotatable bonds is 1. The maximum absolute atomic E-state index is 7.67. The van der Waals surface area contributed by atoms with Crippen LogP contribution < -0.4 is 11.1 Å². The third kappa shape index (κ3) is 2.67. The van der Waals surface area contributed by atoms with Crippen LogP contribution in [0.4, 0.5) is 5.69 Å². The summed E-state index contributed by atoms with van der Waals surface area (Å²) in [5.74, 6) is -0.208. The van der Waals surface area contributed by atoms with Crippen LogP contribution in [-0.4, -0.2) is 16.7 Å². The maximum atomic E-state index is 7.67. The van der Waals surface area contributed by atoms with Gasteiger partial charge in [0, 0.05) is 23.0 Å². The molecule has 1 aliphatic rings. The van der Waals surface area contributed by atoms with Gasteiger partial charge in [0.25, 0.3) is 0 Å². The van der Waals surface area contributed by atoms with Gasteiger partial charge in [-0.15, -0.1) is 0 Å². The van der Waals surface area contributed by atoms with Gasteiger partial charge in [0.1, 0.15) is 5.71 Å². The van der Waals surface area contributed by atoms with Gasteiger partial charge in [0.2, 0.25) is 5.96 Å². The van der Waals surface area contributed by atoms with E-state index in [0.717, 1.165) is 22.5 Å². The SMILES string of the molecule is Cc1ccc(C)c(C2Nc3ccccc3/C(=N/C(=N)N)c3[nH]ccc32)c1. The van der Waals surface area contributed by atoms with E-state index in [4.69, 9.17) is 11.1 Å². The van der Waals surface area contributed by atoms with E-state index in [2.05, 4.69) is 53.4 Å². The summed E-state index contributed by atoms with van der Waals surface area (Å²) in [6.45, 7) is 4.23. The Kier molecular flexibility index (Phi) is 3.84. The number of aromatic nitrogens is 1. The summed E-state index contributed by atoms with van der Waals surface area (Å²) in [6.07, 6.45) is 1.91. The second-order valence-corrected chi connectivity index (χ2v) is 6.64. The highest BCUT2D eigenvalue weighted by molar-refractivity contribution is 6.19. The Labute approximate surface area is 152 Å². The molecule has 5 heteroatoms. The average molecular weight is 343 g/mol. The molecule has 1 unspecified atom stereocenters. The second kappa shape index (κ2) is 6.19. The Bertz CT molecular complexity index is 1030. The van der Waals surface area contributed by atoms with Crippen LogP contribution in [0.5, 0.6) is 0 Å². The molecule has 1 aliphatic heterocycles. The summed E-state index contributed by atoms with van der Waals surface area (Å²) in [5, 5.41) is 11.3. The summed E-state index contributed by atoms with van der Waals surface area (Å²) in [6, 6.07) is 16.6. The fourth-order valence-corrected chi connectivity index (χ4v) is 3.56. The largest absolute Gasteiger partial charge is 0.373 e. The number of nitrogens with zero attached hydrogens (tertiary/aromatic N) is 1. The van der Waals surface area contributed by atoms with Crippen molar-refractivity contribution < 1.29 is 0 Å². The zero-order chi connectivity index (χ0) is 18.3. The fourth-order valence-electron chi connectivity index (χ4n) is 3.56. The maximum Gasteiger partial charge on any atom is 0.213 e. The van der Waals surface area contributed by atoms with E-state index in [1.54, 1.807) is 0 Å². The molecule has 0 spiro atoms. The normalized spacial score (nSPS) is 17.2. The number of benzene rings is 2. The van der Waals surface area contributed by atoms with E-state index in [1.807, 2.05) is 30.5 Å². The van der Waals surface area contributed by atoms with Gasteiger partial charge in [-0.25, -0.2) is 4.99 Å². The summed E-state index contributed by atoms with van der Waals surface area (Å²) in [7, 11) is 0. The van der Waals surface area contributed by atoms with Gasteiger partial charge in [0.05, 0.1) is 11.7 Å². The van der Waals surface area contributed by atoms with Crippen LogP contribution in [0.1, 0.15) is 39.6 Å². The number of fused-ring (bicyclic) bond motifs is 2. The highest BCUT2D eigenvalue weighted by Gasteiger charge is 2.28. The first-order valence-electron chi connectivity index (χ1n) is 8.58. The van der Waals surface area contributed by atoms with Crippen LogP contribution in [0.25, 0.3) is 0 Å². The molecular formula is C21H21N5. The monoisotopic (exact) mass is 343 g/mol. The molecule has 0 fully saturated rings. The van der Waals surface area contributed by atoms with Crippen molar-refractivity contribution in [2.24, 2.45) is 10.7 Å². The van der Waals surface area contributed by atoms with Crippen molar-refractivity contribution in [2.75, 3.05) is 5.32 Å². The predicted octanol–water partition coefficient (Wildman–Crippen LogP) is 3.88. The van der Waals surface area contributed by atoms with Crippen molar-refractivity contribution in [3.05, 3.63) is 88.2 Å². The topological polar surface area (TPSA) is 90.1 Å². The van der Waals surface area contributed by atoms with E-state index in [9.17, 15) is 0 Å². The Morgan fingerprint density at radius 1 is 1.08 bits per heavy atom. The van der Waals surface area contributed by atoms with Crippen molar-refractivity contribution in [2.45, 2.75) is 19.9 Å². The number of aliphatic imine (C=N–C) groups is 1. The fraction of sp³-hybridized carbons (Fsp3) is 0.143. The molecule has 2 heterocycles. The molecule has 4 rings (SSSR count). The first kappa shape index (κ1) is 16.1. The van der Waals surface area contributed by atoms with Crippen molar-refractivity contribution in [3.8, 4) is 0 Å². The standard InChI is InChI=1S/C21H21N5/c1-12-7-8-13(2)16(11-12)18-15-9-10-24-19(15)20(26-21(22)23)14-5-3-4-6-17(14)25-18/h3-11,18,24-25H,1-2H3,(H3,22,23)/b26-20-. The summed E-state index contributed by atoms with van der Waals surface area (Å²) in [5.41, 5.74) is 13.9. The van der Waals surface area contributed by atoms with Crippen LogP contribution in [0, 0.1) is 19.3 Å². The zero-order valence-electron chi connectivity index (χ0n) is 14.8. The van der Waals surface area contributed by atoms with Crippen LogP contribution in [0.2, 0.25) is 0 Å². The Hall–Kier alpha value is -3.34. The van der Waals surface area contributed by atoms with E-state index in [1.165, 1.54) is 16.7 Å². The van der Waals surface area contributed by atoms with Gasteiger partial charge >= 0.3 is 0 Å². The van der Waals surface area contributed by atoms with Crippen LogP contribution >= 0.6 is 0 Å². The van der Waals surface area contributed by atoms with Gasteiger partial charge in [-0.2, -0.15) is 0 Å². The minimum Gasteiger partial charge on any atom is -0.373 e. The summed E-state index contributed by atoms with van der Waals surface area (Å²) < 4.78 is 0. The molecule has 5 nitrogen and oxygen atoms in total. The van der Waals surface area contributed by atoms with Gasteiger partial charge in [-0.05, 0) is 37.1 Å². The number of aryl methyl sites for hydroxylation is 2. The minimum absolute atomic E-state index is 0.0167. The van der Waals surface area contributed by atoms with E-state index in [0.29, 0.717) is 5.71 Å². The van der Waals surface area contributed by atoms with Crippen molar-refractivity contribution >= 4 is 17.4 Å². The molecule has 1 aromatic heterocycles. The Morgan fingerprint density at radius 2 is 1.88 bits per heavy atom. The number of aromatic amines is 1. The molecular weight excluding hydrogens is 322 g/mol. The lowest BCUT2D eigenvalue weighted by atomic mass is 9.93. The minimum atomic E-state index is -0.208. The lowest BCUT2D eigenvalue weighted by Gasteiger charge is -2.21. The van der Waals surface area contributed by atoms with Gasteiger partial charge in [-0.1, -0.05) is 42.0 Å². The highest BCUT2D eigenvalue weighted by Crippen LogP contribution is 2.37. The first-order valence-corrected chi connectivity index (χ1v) is 8.58. The number of hydrogen-bond acceptors (Lipinski definition) is 2. The van der Waals surface area contributed by atoms with Crippen molar-refractivity contribution in [1.82, 2.24) is 4.98 Å². The molecule has 1 atom stereocenters. The average Bonchev–Trinajstić information content (AvgIpc) is 3.05. The number of H-pyrrole nitrogens is 1. The van der Waals surface area contributed by atoms with Crippen LogP contribution in [0.3, 0.4) is 0 Å². The first-order chi connectivity index (χ1) is 12.5. The van der Waals surface area contributed by atoms with Crippen molar-refractivity contribution in [3.63, 3.8) is 0 Å². The quantitative estimate of drug-likeness (QED) is 0.399. The van der Waals surface area contributed by atoms with Gasteiger partial charge < -0.3 is 16.0 Å². The number of nitrogens with two attached hydrogens (primary N) is 1. The van der Waals surface area contributed by atoms with Crippen molar-refractivity contribution in [1.29, 1.82) is 5.41 Å². The van der Waals surface area contributed by atoms with E-state index in [-0.39, 0.29) is 12.0 Å². The number of nitrogens with one attached hydrogen (secondary N) is 3. The third-order valence-corrected chi connectivity index (χ3v) is 4.79. The van der Waals surface area contributed by atoms with Crippen LogP contribution in [-0.2, 0) is 0 Å². The molecule has 2 aromatic carbocycles. The Morgan fingerprint density at radius 3 is 2.69 bits per heavy atom. The van der Waals surface area contributed by atoms with E-state index >= 15 is 0 Å². The Balaban J connectivity index is 1.99. The summed E-state index contributed by atoms with van der Waals surface area (Å²) >= 11 is 0. The molecule has 130 valence electrons. The smallest absolute Gasteiger partial charge is 0.213 e. The molecule has 0 aliphatic carbocycles. The molecule has 0 radical (unpaired) electrons. The van der Waals surface area contributed by atoms with Gasteiger partial charge in [-0.3, -0.25) is 5.41 Å². The second-order valence-electron chi connectivity index (χ2n) is 6.64. The van der Waals surface area contributed by atoms with E-state index < -0.39 is 0 Å². The molecule has 0 saturated carbocycles. The molecule has 3 aromatic rings. The zero-order valence-corrected chi connectivity index (χ0v) is 14.8. The molecule has 0 bridgehead atoms.